The topological polar surface area (TPSA) is 75.6 Å². The summed E-state index contributed by atoms with van der Waals surface area (Å²) in [5.74, 6) is -1.12. The Morgan fingerprint density at radius 3 is 2.76 bits per heavy atom. The van der Waals surface area contributed by atoms with Crippen LogP contribution in [0.15, 0.2) is 24.3 Å². The molecule has 5 nitrogen and oxygen atoms in total. The molecule has 1 aliphatic heterocycles. The number of nitrogens with one attached hydrogen (secondary N) is 1. The molecule has 5 heteroatoms. The second kappa shape index (κ2) is 6.61. The molecule has 0 fully saturated rings. The molecule has 0 saturated heterocycles. The van der Waals surface area contributed by atoms with Gasteiger partial charge in [-0.3, -0.25) is 9.59 Å². The number of aliphatic carboxylic acids is 1. The average Bonchev–Trinajstić information content (AvgIpc) is 2.46. The summed E-state index contributed by atoms with van der Waals surface area (Å²) in [6.07, 6.45) is 0.613. The summed E-state index contributed by atoms with van der Waals surface area (Å²) in [5, 5.41) is 11.9. The number of hydrogen-bond donors (Lipinski definition) is 2. The van der Waals surface area contributed by atoms with Gasteiger partial charge in [-0.15, -0.1) is 0 Å². The lowest BCUT2D eigenvalue weighted by Gasteiger charge is -2.26. The number of carboxylic acid groups (broad SMARTS) is 1. The molecule has 0 aliphatic carbocycles. The van der Waals surface area contributed by atoms with E-state index < -0.39 is 11.9 Å². The lowest BCUT2D eigenvalue weighted by atomic mass is 9.91. The number of fused-ring (bicyclic) bond motifs is 1. The van der Waals surface area contributed by atoms with E-state index in [0.29, 0.717) is 13.0 Å². The van der Waals surface area contributed by atoms with Gasteiger partial charge in [-0.2, -0.15) is 0 Å². The standard InChI is InChI=1S/C16H21NO4/c1-10(2)13(16(19)20)9-17-15(18)12-7-8-21-14-6-4-3-5-11(12)14/h3-6,10,12-13H,7-9H2,1-2H3,(H,17,18)(H,19,20). The Hall–Kier alpha value is -2.04. The molecule has 1 aliphatic rings. The van der Waals surface area contributed by atoms with Crippen LogP contribution in [-0.4, -0.2) is 30.1 Å². The molecule has 1 heterocycles. The molecule has 1 amide bonds. The molecule has 21 heavy (non-hydrogen) atoms. The van der Waals surface area contributed by atoms with Crippen molar-refractivity contribution < 1.29 is 19.4 Å². The number of amides is 1. The molecule has 0 saturated carbocycles. The fraction of sp³-hybridized carbons (Fsp3) is 0.500. The van der Waals surface area contributed by atoms with Crippen molar-refractivity contribution in [1.82, 2.24) is 5.32 Å². The molecule has 1 aromatic carbocycles. The minimum atomic E-state index is -0.877. The third-order valence-electron chi connectivity index (χ3n) is 3.89. The highest BCUT2D eigenvalue weighted by Crippen LogP contribution is 2.33. The zero-order chi connectivity index (χ0) is 15.4. The Kier molecular flexibility index (Phi) is 4.83. The molecule has 2 rings (SSSR count). The zero-order valence-corrected chi connectivity index (χ0v) is 12.3. The highest BCUT2D eigenvalue weighted by atomic mass is 16.5. The average molecular weight is 291 g/mol. The van der Waals surface area contributed by atoms with Gasteiger partial charge in [0.1, 0.15) is 5.75 Å². The highest BCUT2D eigenvalue weighted by Gasteiger charge is 2.29. The minimum Gasteiger partial charge on any atom is -0.493 e. The number of hydrogen-bond acceptors (Lipinski definition) is 3. The van der Waals surface area contributed by atoms with Crippen LogP contribution >= 0.6 is 0 Å². The van der Waals surface area contributed by atoms with Crippen molar-refractivity contribution in [3.8, 4) is 5.75 Å². The summed E-state index contributed by atoms with van der Waals surface area (Å²) in [4.78, 5) is 23.5. The van der Waals surface area contributed by atoms with E-state index in [1.165, 1.54) is 0 Å². The molecule has 2 atom stereocenters. The van der Waals surface area contributed by atoms with Gasteiger partial charge in [0.25, 0.3) is 0 Å². The van der Waals surface area contributed by atoms with Gasteiger partial charge >= 0.3 is 5.97 Å². The molecule has 0 aromatic heterocycles. The largest absolute Gasteiger partial charge is 0.493 e. The van der Waals surface area contributed by atoms with Gasteiger partial charge < -0.3 is 15.2 Å². The fourth-order valence-corrected chi connectivity index (χ4v) is 2.56. The van der Waals surface area contributed by atoms with E-state index in [4.69, 9.17) is 9.84 Å². The van der Waals surface area contributed by atoms with Gasteiger partial charge in [-0.05, 0) is 18.4 Å². The van der Waals surface area contributed by atoms with E-state index >= 15 is 0 Å². The number of carboxylic acids is 1. The first-order valence-electron chi connectivity index (χ1n) is 7.23. The predicted molar refractivity (Wildman–Crippen MR) is 78.3 cm³/mol. The fourth-order valence-electron chi connectivity index (χ4n) is 2.56. The van der Waals surface area contributed by atoms with Crippen molar-refractivity contribution in [2.24, 2.45) is 11.8 Å². The third kappa shape index (κ3) is 3.54. The van der Waals surface area contributed by atoms with Gasteiger partial charge in [0, 0.05) is 12.1 Å². The van der Waals surface area contributed by atoms with Gasteiger partial charge in [-0.25, -0.2) is 0 Å². The Labute approximate surface area is 124 Å². The quantitative estimate of drug-likeness (QED) is 0.870. The van der Waals surface area contributed by atoms with Gasteiger partial charge in [0.15, 0.2) is 0 Å². The number of para-hydroxylation sites is 1. The van der Waals surface area contributed by atoms with Crippen LogP contribution in [0.25, 0.3) is 0 Å². The van der Waals surface area contributed by atoms with E-state index in [2.05, 4.69) is 5.32 Å². The molecule has 2 N–H and O–H groups in total. The predicted octanol–water partition coefficient (Wildman–Crippen LogP) is 2.03. The van der Waals surface area contributed by atoms with Crippen molar-refractivity contribution in [2.75, 3.05) is 13.2 Å². The maximum Gasteiger partial charge on any atom is 0.308 e. The molecule has 1 aromatic rings. The maximum absolute atomic E-state index is 12.4. The van der Waals surface area contributed by atoms with Crippen LogP contribution in [0.2, 0.25) is 0 Å². The van der Waals surface area contributed by atoms with Crippen molar-refractivity contribution in [3.05, 3.63) is 29.8 Å². The monoisotopic (exact) mass is 291 g/mol. The second-order valence-electron chi connectivity index (χ2n) is 5.66. The van der Waals surface area contributed by atoms with E-state index in [1.807, 2.05) is 38.1 Å². The SMILES string of the molecule is CC(C)C(CNC(=O)C1CCOc2ccccc21)C(=O)O. The summed E-state index contributed by atoms with van der Waals surface area (Å²) in [6, 6.07) is 7.49. The third-order valence-corrected chi connectivity index (χ3v) is 3.89. The van der Waals surface area contributed by atoms with E-state index in [0.717, 1.165) is 11.3 Å². The second-order valence-corrected chi connectivity index (χ2v) is 5.66. The van der Waals surface area contributed by atoms with E-state index in [9.17, 15) is 9.59 Å². The Morgan fingerprint density at radius 2 is 2.10 bits per heavy atom. The Bertz CT molecular complexity index is 527. The smallest absolute Gasteiger partial charge is 0.308 e. The van der Waals surface area contributed by atoms with Gasteiger partial charge in [0.2, 0.25) is 5.91 Å². The van der Waals surface area contributed by atoms with Crippen molar-refractivity contribution in [2.45, 2.75) is 26.2 Å². The first-order valence-corrected chi connectivity index (χ1v) is 7.23. The van der Waals surface area contributed by atoms with Crippen LogP contribution in [0.1, 0.15) is 31.7 Å². The number of rotatable bonds is 5. The number of carbonyl (C=O) groups excluding carboxylic acids is 1. The number of benzene rings is 1. The van der Waals surface area contributed by atoms with Gasteiger partial charge in [-0.1, -0.05) is 32.0 Å². The van der Waals surface area contributed by atoms with Crippen LogP contribution < -0.4 is 10.1 Å². The summed E-state index contributed by atoms with van der Waals surface area (Å²) < 4.78 is 5.53. The lowest BCUT2D eigenvalue weighted by molar-refractivity contribution is -0.143. The summed E-state index contributed by atoms with van der Waals surface area (Å²) in [7, 11) is 0. The highest BCUT2D eigenvalue weighted by molar-refractivity contribution is 5.85. The first-order chi connectivity index (χ1) is 10.0. The van der Waals surface area contributed by atoms with Crippen molar-refractivity contribution in [3.63, 3.8) is 0 Å². The maximum atomic E-state index is 12.4. The molecule has 0 bridgehead atoms. The summed E-state index contributed by atoms with van der Waals surface area (Å²) in [5.41, 5.74) is 0.873. The first kappa shape index (κ1) is 15.4. The van der Waals surface area contributed by atoms with Crippen LogP contribution in [0.4, 0.5) is 0 Å². The van der Waals surface area contributed by atoms with E-state index in [-0.39, 0.29) is 24.3 Å². The molecular weight excluding hydrogens is 270 g/mol. The molecule has 0 spiro atoms. The molecule has 114 valence electrons. The van der Waals surface area contributed by atoms with Crippen LogP contribution in [0.3, 0.4) is 0 Å². The lowest BCUT2D eigenvalue weighted by Crippen LogP contribution is -2.39. The molecule has 2 unspecified atom stereocenters. The van der Waals surface area contributed by atoms with Gasteiger partial charge in [0.05, 0.1) is 18.4 Å². The summed E-state index contributed by atoms with van der Waals surface area (Å²) >= 11 is 0. The number of ether oxygens (including phenoxy) is 1. The van der Waals surface area contributed by atoms with E-state index in [1.54, 1.807) is 0 Å². The Balaban J connectivity index is 2.03. The Morgan fingerprint density at radius 1 is 1.38 bits per heavy atom. The normalized spacial score (nSPS) is 18.5. The molecule has 0 radical (unpaired) electrons. The van der Waals surface area contributed by atoms with Crippen molar-refractivity contribution >= 4 is 11.9 Å². The van der Waals surface area contributed by atoms with Crippen LogP contribution in [0, 0.1) is 11.8 Å². The minimum absolute atomic E-state index is 0.0234. The summed E-state index contributed by atoms with van der Waals surface area (Å²) in [6.45, 7) is 4.34. The van der Waals surface area contributed by atoms with Crippen molar-refractivity contribution in [1.29, 1.82) is 0 Å². The van der Waals surface area contributed by atoms with Crippen LogP contribution in [0.5, 0.6) is 5.75 Å². The zero-order valence-electron chi connectivity index (χ0n) is 12.3. The number of carbonyl (C=O) groups is 2. The molecular formula is C16H21NO4. The van der Waals surface area contributed by atoms with Crippen LogP contribution in [-0.2, 0) is 9.59 Å².